The van der Waals surface area contributed by atoms with Gasteiger partial charge in [0.15, 0.2) is 0 Å². The molecule has 1 aromatic heterocycles. The molecule has 0 aliphatic carbocycles. The Balaban J connectivity index is 1.84. The van der Waals surface area contributed by atoms with Crippen LogP contribution >= 0.6 is 23.2 Å². The van der Waals surface area contributed by atoms with Crippen molar-refractivity contribution < 1.29 is 14.6 Å². The van der Waals surface area contributed by atoms with E-state index in [-0.39, 0.29) is 22.8 Å². The van der Waals surface area contributed by atoms with E-state index in [1.54, 1.807) is 12.1 Å². The molecular weight excluding hydrogens is 425 g/mol. The highest BCUT2D eigenvalue weighted by Gasteiger charge is 2.14. The first-order valence-electron chi connectivity index (χ1n) is 9.36. The second kappa shape index (κ2) is 9.37. The Morgan fingerprint density at radius 2 is 1.73 bits per heavy atom. The van der Waals surface area contributed by atoms with E-state index in [2.05, 4.69) is 0 Å². The van der Waals surface area contributed by atoms with Crippen molar-refractivity contribution in [3.05, 3.63) is 96.9 Å². The summed E-state index contributed by atoms with van der Waals surface area (Å²) in [5, 5.41) is 9.41. The molecule has 0 aliphatic rings. The van der Waals surface area contributed by atoms with E-state index in [1.807, 2.05) is 32.0 Å². The SMILES string of the molecule is Cc1ccc(OCc2c(Cl)cc(Cl)c(=O)n2CCc2ccc(C(=O)O)cc2)c(C)c1. The van der Waals surface area contributed by atoms with Crippen molar-refractivity contribution in [1.82, 2.24) is 4.57 Å². The van der Waals surface area contributed by atoms with Crippen LogP contribution < -0.4 is 10.3 Å². The highest BCUT2D eigenvalue weighted by Crippen LogP contribution is 2.23. The van der Waals surface area contributed by atoms with Crippen LogP contribution in [0.1, 0.15) is 32.7 Å². The van der Waals surface area contributed by atoms with Gasteiger partial charge >= 0.3 is 5.97 Å². The summed E-state index contributed by atoms with van der Waals surface area (Å²) >= 11 is 12.5. The lowest BCUT2D eigenvalue weighted by molar-refractivity contribution is 0.0697. The zero-order valence-electron chi connectivity index (χ0n) is 16.6. The van der Waals surface area contributed by atoms with E-state index in [4.69, 9.17) is 33.0 Å². The van der Waals surface area contributed by atoms with Gasteiger partial charge < -0.3 is 14.4 Å². The molecule has 1 N–H and O–H groups in total. The number of halogens is 2. The smallest absolute Gasteiger partial charge is 0.335 e. The van der Waals surface area contributed by atoms with Crippen molar-refractivity contribution in [2.45, 2.75) is 33.4 Å². The third-order valence-corrected chi connectivity index (χ3v) is 5.42. The molecule has 0 amide bonds. The molecule has 30 heavy (non-hydrogen) atoms. The van der Waals surface area contributed by atoms with Gasteiger partial charge in [0.25, 0.3) is 5.56 Å². The third kappa shape index (κ3) is 5.04. The van der Waals surface area contributed by atoms with Crippen molar-refractivity contribution in [2.24, 2.45) is 0 Å². The third-order valence-electron chi connectivity index (χ3n) is 4.82. The highest BCUT2D eigenvalue weighted by atomic mass is 35.5. The normalized spacial score (nSPS) is 10.8. The van der Waals surface area contributed by atoms with Crippen LogP contribution in [0.25, 0.3) is 0 Å². The maximum absolute atomic E-state index is 12.7. The topological polar surface area (TPSA) is 68.5 Å². The standard InChI is InChI=1S/C23H21Cl2NO4/c1-14-3-8-21(15(2)11-14)30-13-20-18(24)12-19(25)22(27)26(20)10-9-16-4-6-17(7-5-16)23(28)29/h3-8,11-12H,9-10,13H2,1-2H3,(H,28,29). The summed E-state index contributed by atoms with van der Waals surface area (Å²) in [5.41, 5.74) is 3.42. The fourth-order valence-corrected chi connectivity index (χ4v) is 3.72. The Kier molecular flexibility index (Phi) is 6.85. The Hall–Kier alpha value is -2.76. The van der Waals surface area contributed by atoms with Gasteiger partial charge in [0, 0.05) is 6.54 Å². The molecule has 7 heteroatoms. The molecule has 0 bridgehead atoms. The van der Waals surface area contributed by atoms with Crippen LogP contribution in [0.15, 0.2) is 53.3 Å². The number of ether oxygens (including phenoxy) is 1. The molecule has 0 saturated carbocycles. The summed E-state index contributed by atoms with van der Waals surface area (Å²) in [4.78, 5) is 23.7. The van der Waals surface area contributed by atoms with Gasteiger partial charge in [0.05, 0.1) is 16.3 Å². The fourth-order valence-electron chi connectivity index (χ4n) is 3.18. The Morgan fingerprint density at radius 3 is 2.37 bits per heavy atom. The number of aryl methyl sites for hydroxylation is 3. The summed E-state index contributed by atoms with van der Waals surface area (Å²) in [7, 11) is 0. The molecule has 0 saturated heterocycles. The van der Waals surface area contributed by atoms with Gasteiger partial charge in [-0.15, -0.1) is 0 Å². The number of carboxylic acid groups (broad SMARTS) is 1. The van der Waals surface area contributed by atoms with Crippen LogP contribution in [0.5, 0.6) is 5.75 Å². The molecule has 156 valence electrons. The lowest BCUT2D eigenvalue weighted by Crippen LogP contribution is -2.26. The molecule has 3 rings (SSSR count). The zero-order chi connectivity index (χ0) is 21.8. The second-order valence-electron chi connectivity index (χ2n) is 7.05. The number of aromatic nitrogens is 1. The van der Waals surface area contributed by atoms with Crippen molar-refractivity contribution >= 4 is 29.2 Å². The van der Waals surface area contributed by atoms with E-state index in [9.17, 15) is 9.59 Å². The number of carbonyl (C=O) groups is 1. The minimum Gasteiger partial charge on any atom is -0.487 e. The molecule has 0 fully saturated rings. The van der Waals surface area contributed by atoms with Gasteiger partial charge in [0.2, 0.25) is 0 Å². The monoisotopic (exact) mass is 445 g/mol. The van der Waals surface area contributed by atoms with Crippen molar-refractivity contribution in [3.8, 4) is 5.75 Å². The van der Waals surface area contributed by atoms with E-state index in [0.29, 0.717) is 23.7 Å². The predicted molar refractivity (Wildman–Crippen MR) is 118 cm³/mol. The largest absolute Gasteiger partial charge is 0.487 e. The Labute approximate surface area is 184 Å². The average molecular weight is 446 g/mol. The van der Waals surface area contributed by atoms with E-state index in [1.165, 1.54) is 22.8 Å². The minimum absolute atomic E-state index is 0.0384. The number of pyridine rings is 1. The zero-order valence-corrected chi connectivity index (χ0v) is 18.1. The molecule has 0 radical (unpaired) electrons. The molecule has 3 aromatic rings. The molecule has 2 aromatic carbocycles. The van der Waals surface area contributed by atoms with Gasteiger partial charge in [-0.05, 0) is 55.7 Å². The first kappa shape index (κ1) is 21.9. The van der Waals surface area contributed by atoms with E-state index >= 15 is 0 Å². The first-order valence-corrected chi connectivity index (χ1v) is 10.1. The van der Waals surface area contributed by atoms with Gasteiger partial charge in [-0.3, -0.25) is 4.79 Å². The second-order valence-corrected chi connectivity index (χ2v) is 7.87. The van der Waals surface area contributed by atoms with Crippen LogP contribution in [0.2, 0.25) is 10.0 Å². The van der Waals surface area contributed by atoms with E-state index < -0.39 is 5.97 Å². The Morgan fingerprint density at radius 1 is 1.03 bits per heavy atom. The lowest BCUT2D eigenvalue weighted by Gasteiger charge is -2.17. The Bertz CT molecular complexity index is 1140. The number of nitrogens with zero attached hydrogens (tertiary/aromatic N) is 1. The van der Waals surface area contributed by atoms with Crippen molar-refractivity contribution in [1.29, 1.82) is 0 Å². The molecule has 0 spiro atoms. The number of hydrogen-bond acceptors (Lipinski definition) is 3. The highest BCUT2D eigenvalue weighted by molar-refractivity contribution is 6.34. The van der Waals surface area contributed by atoms with Gasteiger partial charge in [-0.1, -0.05) is 53.0 Å². The van der Waals surface area contributed by atoms with Crippen LogP contribution in [-0.4, -0.2) is 15.6 Å². The van der Waals surface area contributed by atoms with Crippen LogP contribution in [0.4, 0.5) is 0 Å². The number of benzene rings is 2. The van der Waals surface area contributed by atoms with Crippen molar-refractivity contribution in [3.63, 3.8) is 0 Å². The van der Waals surface area contributed by atoms with Crippen LogP contribution in [0, 0.1) is 13.8 Å². The summed E-state index contributed by atoms with van der Waals surface area (Å²) < 4.78 is 7.45. The summed E-state index contributed by atoms with van der Waals surface area (Å²) in [5.74, 6) is -0.264. The van der Waals surface area contributed by atoms with Gasteiger partial charge in [-0.25, -0.2) is 4.79 Å². The molecular formula is C23H21Cl2NO4. The maximum Gasteiger partial charge on any atom is 0.335 e. The number of rotatable bonds is 7. The quantitative estimate of drug-likeness (QED) is 0.536. The number of aromatic carboxylic acids is 1. The molecule has 5 nitrogen and oxygen atoms in total. The lowest BCUT2D eigenvalue weighted by atomic mass is 10.1. The van der Waals surface area contributed by atoms with Gasteiger partial charge in [0.1, 0.15) is 17.4 Å². The van der Waals surface area contributed by atoms with Crippen LogP contribution in [0.3, 0.4) is 0 Å². The summed E-state index contributed by atoms with van der Waals surface area (Å²) in [6.45, 7) is 4.41. The molecule has 0 unspecified atom stereocenters. The summed E-state index contributed by atoms with van der Waals surface area (Å²) in [6.07, 6.45) is 0.507. The average Bonchev–Trinajstić information content (AvgIpc) is 2.70. The maximum atomic E-state index is 12.7. The number of carboxylic acids is 1. The molecule has 1 heterocycles. The fraction of sp³-hybridized carbons (Fsp3) is 0.217. The van der Waals surface area contributed by atoms with E-state index in [0.717, 1.165) is 22.4 Å². The number of hydrogen-bond donors (Lipinski definition) is 1. The molecule has 0 aliphatic heterocycles. The molecule has 0 atom stereocenters. The van der Waals surface area contributed by atoms with Crippen LogP contribution in [-0.2, 0) is 19.6 Å². The minimum atomic E-state index is -0.981. The summed E-state index contributed by atoms with van der Waals surface area (Å²) in [6, 6.07) is 13.8. The van der Waals surface area contributed by atoms with Crippen molar-refractivity contribution in [2.75, 3.05) is 0 Å². The first-order chi connectivity index (χ1) is 14.3. The predicted octanol–water partition coefficient (Wildman–Crippen LogP) is 5.29. The van der Waals surface area contributed by atoms with Gasteiger partial charge in [-0.2, -0.15) is 0 Å².